The van der Waals surface area contributed by atoms with E-state index in [-0.39, 0.29) is 0 Å². The number of benzene rings is 1. The Bertz CT molecular complexity index is 553. The second kappa shape index (κ2) is 3.75. The van der Waals surface area contributed by atoms with E-state index in [9.17, 15) is 0 Å². The minimum absolute atomic E-state index is 0.614. The van der Waals surface area contributed by atoms with Crippen molar-refractivity contribution in [2.45, 2.75) is 18.9 Å². The van der Waals surface area contributed by atoms with E-state index in [2.05, 4.69) is 27.6 Å². The van der Waals surface area contributed by atoms with Crippen LogP contribution in [0.4, 0.5) is 5.69 Å². The lowest BCUT2D eigenvalue weighted by Gasteiger charge is -2.07. The molecule has 4 nitrogen and oxygen atoms in total. The van der Waals surface area contributed by atoms with Crippen molar-refractivity contribution in [1.82, 2.24) is 14.8 Å². The van der Waals surface area contributed by atoms with Crippen LogP contribution in [0.15, 0.2) is 30.6 Å². The Hall–Kier alpha value is -1.62. The van der Waals surface area contributed by atoms with E-state index in [0.29, 0.717) is 10.8 Å². The quantitative estimate of drug-likeness (QED) is 0.799. The highest BCUT2D eigenvalue weighted by Gasteiger charge is 2.20. The van der Waals surface area contributed by atoms with E-state index in [1.807, 2.05) is 16.7 Å². The zero-order valence-corrected chi connectivity index (χ0v) is 9.50. The molecule has 82 valence electrons. The van der Waals surface area contributed by atoms with Gasteiger partial charge in [-0.2, -0.15) is 5.10 Å². The Balaban J connectivity index is 1.95. The molecule has 0 bridgehead atoms. The van der Waals surface area contributed by atoms with Gasteiger partial charge in [0.1, 0.15) is 6.33 Å². The molecule has 0 aliphatic heterocycles. The normalized spacial score (nSPS) is 15.0. The number of aromatic nitrogens is 3. The number of anilines is 1. The van der Waals surface area contributed by atoms with Crippen molar-refractivity contribution in [3.8, 4) is 5.69 Å². The third-order valence-electron chi connectivity index (χ3n) is 2.62. The average molecular weight is 232 g/mol. The second-order valence-corrected chi connectivity index (χ2v) is 4.39. The Morgan fingerprint density at radius 2 is 2.31 bits per heavy atom. The highest BCUT2D eigenvalue weighted by molar-refractivity contribution is 7.71. The summed E-state index contributed by atoms with van der Waals surface area (Å²) >= 11 is 5.14. The first-order chi connectivity index (χ1) is 7.83. The molecule has 0 atom stereocenters. The molecule has 2 N–H and O–H groups in total. The van der Waals surface area contributed by atoms with Crippen LogP contribution in [0.3, 0.4) is 0 Å². The molecule has 1 saturated carbocycles. The number of H-pyrrole nitrogens is 1. The van der Waals surface area contributed by atoms with Crippen molar-refractivity contribution in [2.24, 2.45) is 0 Å². The summed E-state index contributed by atoms with van der Waals surface area (Å²) < 4.78 is 2.47. The van der Waals surface area contributed by atoms with Gasteiger partial charge in [-0.15, -0.1) is 0 Å². The fraction of sp³-hybridized carbons (Fsp3) is 0.273. The van der Waals surface area contributed by atoms with Crippen molar-refractivity contribution < 1.29 is 0 Å². The molecule has 5 heteroatoms. The lowest BCUT2D eigenvalue weighted by Crippen LogP contribution is -2.01. The van der Waals surface area contributed by atoms with Gasteiger partial charge in [0.2, 0.25) is 0 Å². The summed E-state index contributed by atoms with van der Waals surface area (Å²) in [6, 6.07) is 8.86. The van der Waals surface area contributed by atoms with Gasteiger partial charge in [0, 0.05) is 11.7 Å². The molecule has 0 radical (unpaired) electrons. The number of nitrogens with zero attached hydrogens (tertiary/aromatic N) is 2. The predicted octanol–water partition coefficient (Wildman–Crippen LogP) is 2.50. The maximum absolute atomic E-state index is 5.14. The fourth-order valence-corrected chi connectivity index (χ4v) is 1.85. The van der Waals surface area contributed by atoms with Crippen molar-refractivity contribution >= 4 is 17.9 Å². The van der Waals surface area contributed by atoms with E-state index in [4.69, 9.17) is 12.2 Å². The third-order valence-corrected chi connectivity index (χ3v) is 2.91. The molecule has 0 amide bonds. The first-order valence-electron chi connectivity index (χ1n) is 5.32. The summed E-state index contributed by atoms with van der Waals surface area (Å²) in [7, 11) is 0. The summed E-state index contributed by atoms with van der Waals surface area (Å²) in [5, 5.41) is 10.1. The van der Waals surface area contributed by atoms with Gasteiger partial charge in [-0.05, 0) is 43.3 Å². The van der Waals surface area contributed by atoms with Gasteiger partial charge in [-0.25, -0.2) is 0 Å². The standard InChI is InChI=1S/C11H12N4S/c16-11-14-12-7-15(11)10-3-1-2-9(6-10)13-8-4-5-8/h1-3,6-8,13H,4-5H2,(H,14,16). The molecule has 1 aromatic heterocycles. The molecule has 16 heavy (non-hydrogen) atoms. The van der Waals surface area contributed by atoms with Gasteiger partial charge in [-0.3, -0.25) is 9.67 Å². The maximum atomic E-state index is 5.14. The molecular formula is C11H12N4S. The largest absolute Gasteiger partial charge is 0.382 e. The van der Waals surface area contributed by atoms with Crippen LogP contribution < -0.4 is 5.32 Å². The molecule has 3 rings (SSSR count). The van der Waals surface area contributed by atoms with Gasteiger partial charge >= 0.3 is 0 Å². The Labute approximate surface area is 98.3 Å². The molecule has 1 aliphatic rings. The van der Waals surface area contributed by atoms with E-state index >= 15 is 0 Å². The first-order valence-corrected chi connectivity index (χ1v) is 5.73. The average Bonchev–Trinajstić information content (AvgIpc) is 2.99. The predicted molar refractivity (Wildman–Crippen MR) is 65.4 cm³/mol. The summed E-state index contributed by atoms with van der Waals surface area (Å²) in [5.41, 5.74) is 2.17. The van der Waals surface area contributed by atoms with Crippen LogP contribution in [0.1, 0.15) is 12.8 Å². The van der Waals surface area contributed by atoms with Gasteiger partial charge < -0.3 is 5.32 Å². The zero-order chi connectivity index (χ0) is 11.0. The lowest BCUT2D eigenvalue weighted by atomic mass is 10.2. The van der Waals surface area contributed by atoms with Crippen LogP contribution in [-0.2, 0) is 0 Å². The number of nitrogens with one attached hydrogen (secondary N) is 2. The van der Waals surface area contributed by atoms with E-state index in [0.717, 1.165) is 11.4 Å². The number of hydrogen-bond donors (Lipinski definition) is 2. The lowest BCUT2D eigenvalue weighted by molar-refractivity contribution is 1.03. The fourth-order valence-electron chi connectivity index (χ4n) is 1.64. The Morgan fingerprint density at radius 3 is 3.00 bits per heavy atom. The molecule has 0 spiro atoms. The van der Waals surface area contributed by atoms with Crippen LogP contribution in [0, 0.1) is 4.77 Å². The summed E-state index contributed by atoms with van der Waals surface area (Å²) in [6.07, 6.45) is 4.24. The van der Waals surface area contributed by atoms with E-state index in [1.165, 1.54) is 12.8 Å². The van der Waals surface area contributed by atoms with Crippen LogP contribution >= 0.6 is 12.2 Å². The molecule has 2 aromatic rings. The smallest absolute Gasteiger partial charge is 0.199 e. The number of rotatable bonds is 3. The topological polar surface area (TPSA) is 45.6 Å². The van der Waals surface area contributed by atoms with Gasteiger partial charge in [0.05, 0.1) is 5.69 Å². The summed E-state index contributed by atoms with van der Waals surface area (Å²) in [5.74, 6) is 0. The second-order valence-electron chi connectivity index (χ2n) is 4.00. The van der Waals surface area contributed by atoms with Crippen LogP contribution in [0.25, 0.3) is 5.69 Å². The molecule has 0 unspecified atom stereocenters. The van der Waals surface area contributed by atoms with Crippen LogP contribution in [0.2, 0.25) is 0 Å². The van der Waals surface area contributed by atoms with Gasteiger partial charge in [0.25, 0.3) is 0 Å². The van der Waals surface area contributed by atoms with Crippen molar-refractivity contribution in [3.63, 3.8) is 0 Å². The van der Waals surface area contributed by atoms with E-state index < -0.39 is 0 Å². The van der Waals surface area contributed by atoms with Gasteiger partial charge in [0.15, 0.2) is 4.77 Å². The highest BCUT2D eigenvalue weighted by Crippen LogP contribution is 2.25. The summed E-state index contributed by atoms with van der Waals surface area (Å²) in [6.45, 7) is 0. The van der Waals surface area contributed by atoms with Crippen molar-refractivity contribution in [1.29, 1.82) is 0 Å². The zero-order valence-electron chi connectivity index (χ0n) is 8.68. The number of hydrogen-bond acceptors (Lipinski definition) is 3. The Kier molecular flexibility index (Phi) is 2.25. The molecule has 1 fully saturated rings. The Morgan fingerprint density at radius 1 is 1.44 bits per heavy atom. The minimum atomic E-state index is 0.614. The van der Waals surface area contributed by atoms with Crippen molar-refractivity contribution in [3.05, 3.63) is 35.4 Å². The molecule has 0 saturated heterocycles. The van der Waals surface area contributed by atoms with Crippen molar-refractivity contribution in [2.75, 3.05) is 5.32 Å². The minimum Gasteiger partial charge on any atom is -0.382 e. The van der Waals surface area contributed by atoms with Crippen LogP contribution in [0.5, 0.6) is 0 Å². The molecular weight excluding hydrogens is 220 g/mol. The molecule has 1 heterocycles. The SMILES string of the molecule is S=c1[nH]ncn1-c1cccc(NC2CC2)c1. The maximum Gasteiger partial charge on any atom is 0.199 e. The third kappa shape index (κ3) is 1.86. The number of aromatic amines is 1. The first kappa shape index (κ1) is 9.59. The summed E-state index contributed by atoms with van der Waals surface area (Å²) in [4.78, 5) is 0. The van der Waals surface area contributed by atoms with Gasteiger partial charge in [-0.1, -0.05) is 6.07 Å². The van der Waals surface area contributed by atoms with E-state index in [1.54, 1.807) is 6.33 Å². The molecule has 1 aromatic carbocycles. The molecule has 1 aliphatic carbocycles. The highest BCUT2D eigenvalue weighted by atomic mass is 32.1. The monoisotopic (exact) mass is 232 g/mol. The van der Waals surface area contributed by atoms with Crippen LogP contribution in [-0.4, -0.2) is 20.8 Å².